The number of carbonyl (C=O) groups is 1. The van der Waals surface area contributed by atoms with Crippen molar-refractivity contribution in [2.75, 3.05) is 29.9 Å². The van der Waals surface area contributed by atoms with Gasteiger partial charge in [-0.25, -0.2) is 0 Å². The number of nitrogens with zero attached hydrogens (tertiary/aromatic N) is 2. The molecule has 100 valence electrons. The fraction of sp³-hybridized carbons (Fsp3) is 0.667. The Balaban J connectivity index is 1.79. The summed E-state index contributed by atoms with van der Waals surface area (Å²) in [5, 5.41) is 10.5. The Hall–Kier alpha value is -1.01. The highest BCUT2D eigenvalue weighted by Crippen LogP contribution is 2.19. The van der Waals surface area contributed by atoms with E-state index in [0.29, 0.717) is 5.75 Å². The first-order chi connectivity index (χ1) is 8.58. The zero-order valence-corrected chi connectivity index (χ0v) is 11.9. The van der Waals surface area contributed by atoms with Gasteiger partial charge in [-0.05, 0) is 38.6 Å². The normalized spacial score (nSPS) is 15.5. The molecule has 1 aromatic rings. The van der Waals surface area contributed by atoms with Crippen LogP contribution in [0.5, 0.6) is 0 Å². The maximum Gasteiger partial charge on any atom is 0.234 e. The average Bonchev–Trinajstić information content (AvgIpc) is 2.49. The largest absolute Gasteiger partial charge is 0.322 e. The van der Waals surface area contributed by atoms with E-state index < -0.39 is 0 Å². The fourth-order valence-corrected chi connectivity index (χ4v) is 2.86. The van der Waals surface area contributed by atoms with Crippen LogP contribution in [-0.2, 0) is 11.8 Å². The second kappa shape index (κ2) is 5.75. The van der Waals surface area contributed by atoms with Crippen molar-refractivity contribution < 1.29 is 4.79 Å². The summed E-state index contributed by atoms with van der Waals surface area (Å²) in [5.41, 5.74) is 2.72. The SMILES string of the molecule is Cc1nn(C)c(C)c1NC(=O)CSCC1CNC1. The Labute approximate surface area is 112 Å². The van der Waals surface area contributed by atoms with E-state index in [2.05, 4.69) is 15.7 Å². The Morgan fingerprint density at radius 3 is 2.78 bits per heavy atom. The summed E-state index contributed by atoms with van der Waals surface area (Å²) in [7, 11) is 1.89. The predicted octanol–water partition coefficient (Wildman–Crippen LogP) is 0.928. The fourth-order valence-electron chi connectivity index (χ4n) is 1.91. The van der Waals surface area contributed by atoms with Crippen molar-refractivity contribution in [3.05, 3.63) is 11.4 Å². The van der Waals surface area contributed by atoms with Crippen LogP contribution in [0.25, 0.3) is 0 Å². The van der Waals surface area contributed by atoms with Gasteiger partial charge in [-0.1, -0.05) is 0 Å². The number of rotatable bonds is 5. The van der Waals surface area contributed by atoms with Crippen LogP contribution in [0.4, 0.5) is 5.69 Å². The zero-order valence-electron chi connectivity index (χ0n) is 11.1. The molecule has 5 nitrogen and oxygen atoms in total. The summed E-state index contributed by atoms with van der Waals surface area (Å²) in [4.78, 5) is 11.8. The lowest BCUT2D eigenvalue weighted by molar-refractivity contribution is -0.113. The van der Waals surface area contributed by atoms with E-state index in [-0.39, 0.29) is 5.91 Å². The molecule has 6 heteroatoms. The number of aryl methyl sites for hydroxylation is 2. The average molecular weight is 268 g/mol. The van der Waals surface area contributed by atoms with Gasteiger partial charge in [0.25, 0.3) is 0 Å². The third-order valence-electron chi connectivity index (χ3n) is 3.23. The molecule has 2 rings (SSSR count). The molecule has 1 fully saturated rings. The van der Waals surface area contributed by atoms with Gasteiger partial charge in [0.2, 0.25) is 5.91 Å². The summed E-state index contributed by atoms with van der Waals surface area (Å²) >= 11 is 1.70. The summed E-state index contributed by atoms with van der Waals surface area (Å²) < 4.78 is 1.79. The monoisotopic (exact) mass is 268 g/mol. The molecule has 0 aliphatic carbocycles. The van der Waals surface area contributed by atoms with E-state index in [0.717, 1.165) is 41.8 Å². The zero-order chi connectivity index (χ0) is 13.1. The number of nitrogens with one attached hydrogen (secondary N) is 2. The highest BCUT2D eigenvalue weighted by molar-refractivity contribution is 7.99. The van der Waals surface area contributed by atoms with E-state index in [1.54, 1.807) is 16.4 Å². The lowest BCUT2D eigenvalue weighted by Crippen LogP contribution is -2.43. The molecule has 0 aromatic carbocycles. The second-order valence-electron chi connectivity index (χ2n) is 4.76. The van der Waals surface area contributed by atoms with Gasteiger partial charge < -0.3 is 10.6 Å². The van der Waals surface area contributed by atoms with Gasteiger partial charge in [-0.15, -0.1) is 0 Å². The molecule has 1 saturated heterocycles. The lowest BCUT2D eigenvalue weighted by Gasteiger charge is -2.26. The molecule has 2 N–H and O–H groups in total. The van der Waals surface area contributed by atoms with Crippen LogP contribution in [0.1, 0.15) is 11.4 Å². The van der Waals surface area contributed by atoms with Crippen molar-refractivity contribution in [2.24, 2.45) is 13.0 Å². The van der Waals surface area contributed by atoms with Crippen LogP contribution in [0, 0.1) is 19.8 Å². The Morgan fingerprint density at radius 2 is 2.28 bits per heavy atom. The quantitative estimate of drug-likeness (QED) is 0.834. The number of amides is 1. The number of aromatic nitrogens is 2. The van der Waals surface area contributed by atoms with Crippen molar-refractivity contribution in [2.45, 2.75) is 13.8 Å². The van der Waals surface area contributed by atoms with E-state index in [9.17, 15) is 4.79 Å². The molecule has 0 bridgehead atoms. The maximum atomic E-state index is 11.8. The van der Waals surface area contributed by atoms with Gasteiger partial charge in [-0.3, -0.25) is 9.48 Å². The van der Waals surface area contributed by atoms with Crippen molar-refractivity contribution in [3.8, 4) is 0 Å². The van der Waals surface area contributed by atoms with Crippen LogP contribution in [0.3, 0.4) is 0 Å². The first-order valence-corrected chi connectivity index (χ1v) is 7.32. The second-order valence-corrected chi connectivity index (χ2v) is 5.79. The minimum Gasteiger partial charge on any atom is -0.322 e. The van der Waals surface area contributed by atoms with Crippen LogP contribution in [-0.4, -0.2) is 40.3 Å². The van der Waals surface area contributed by atoms with Crippen LogP contribution < -0.4 is 10.6 Å². The van der Waals surface area contributed by atoms with Gasteiger partial charge in [0.05, 0.1) is 22.8 Å². The van der Waals surface area contributed by atoms with Gasteiger partial charge >= 0.3 is 0 Å². The van der Waals surface area contributed by atoms with Gasteiger partial charge in [-0.2, -0.15) is 16.9 Å². The minimum atomic E-state index is 0.0616. The number of carbonyl (C=O) groups excluding carboxylic acids is 1. The summed E-state index contributed by atoms with van der Waals surface area (Å²) in [6.07, 6.45) is 0. The summed E-state index contributed by atoms with van der Waals surface area (Å²) in [6, 6.07) is 0. The van der Waals surface area contributed by atoms with Crippen molar-refractivity contribution >= 4 is 23.4 Å². The van der Waals surface area contributed by atoms with Crippen LogP contribution >= 0.6 is 11.8 Å². The van der Waals surface area contributed by atoms with Crippen LogP contribution in [0.2, 0.25) is 0 Å². The number of hydrogen-bond acceptors (Lipinski definition) is 4. The molecule has 0 radical (unpaired) electrons. The van der Waals surface area contributed by atoms with Gasteiger partial charge in [0.15, 0.2) is 0 Å². The number of hydrogen-bond donors (Lipinski definition) is 2. The topological polar surface area (TPSA) is 59.0 Å². The van der Waals surface area contributed by atoms with Gasteiger partial charge in [0.1, 0.15) is 0 Å². The molecule has 0 unspecified atom stereocenters. The van der Waals surface area contributed by atoms with E-state index in [1.807, 2.05) is 20.9 Å². The molecule has 0 atom stereocenters. The lowest BCUT2D eigenvalue weighted by atomic mass is 10.1. The first kappa shape index (κ1) is 13.4. The Kier molecular flexibility index (Phi) is 4.29. The smallest absolute Gasteiger partial charge is 0.234 e. The Morgan fingerprint density at radius 1 is 1.56 bits per heavy atom. The molecule has 1 aromatic heterocycles. The summed E-state index contributed by atoms with van der Waals surface area (Å²) in [5.74, 6) is 2.38. The van der Waals surface area contributed by atoms with E-state index >= 15 is 0 Å². The molecule has 18 heavy (non-hydrogen) atoms. The third kappa shape index (κ3) is 3.05. The number of anilines is 1. The van der Waals surface area contributed by atoms with Gasteiger partial charge in [0, 0.05) is 7.05 Å². The molecule has 0 saturated carbocycles. The van der Waals surface area contributed by atoms with Crippen molar-refractivity contribution in [3.63, 3.8) is 0 Å². The molecule has 0 spiro atoms. The van der Waals surface area contributed by atoms with E-state index in [4.69, 9.17) is 0 Å². The molecule has 2 heterocycles. The highest BCUT2D eigenvalue weighted by atomic mass is 32.2. The third-order valence-corrected chi connectivity index (χ3v) is 4.40. The minimum absolute atomic E-state index is 0.0616. The number of thioether (sulfide) groups is 1. The molecule has 1 aliphatic rings. The molecular weight excluding hydrogens is 248 g/mol. The van der Waals surface area contributed by atoms with Crippen molar-refractivity contribution in [1.82, 2.24) is 15.1 Å². The van der Waals surface area contributed by atoms with E-state index in [1.165, 1.54) is 0 Å². The standard InChI is InChI=1S/C12H20N4OS/c1-8-12(9(2)16(3)15-8)14-11(17)7-18-6-10-4-13-5-10/h10,13H,4-7H2,1-3H3,(H,14,17). The highest BCUT2D eigenvalue weighted by Gasteiger charge is 2.17. The molecule has 1 amide bonds. The maximum absolute atomic E-state index is 11.8. The first-order valence-electron chi connectivity index (χ1n) is 6.16. The summed E-state index contributed by atoms with van der Waals surface area (Å²) in [6.45, 7) is 6.06. The van der Waals surface area contributed by atoms with Crippen molar-refractivity contribution in [1.29, 1.82) is 0 Å². The molecule has 1 aliphatic heterocycles. The predicted molar refractivity (Wildman–Crippen MR) is 75.0 cm³/mol. The Bertz CT molecular complexity index is 440. The van der Waals surface area contributed by atoms with Crippen LogP contribution in [0.15, 0.2) is 0 Å². The molecular formula is C12H20N4OS.